The van der Waals surface area contributed by atoms with E-state index in [1.54, 1.807) is 132 Å². The number of nitrogens with zero attached hydrogens (tertiary/aromatic N) is 2. The standard InChI is InChI=1S/C29H41BN2O7.C27H35BN2O6.C7H10O2P2S/c1-18-20(13-12-14-23(18)35-9)24(33)31-32(27(2,3)4)25(34)19-15-16-21(26(36-10)37-11)22(17-19)30-38-28(5,6)29(7,8)39-30;1-17-20(11-10-12-22(17)34-9)23(32)29-30(25(2,3)4)24(33)18-13-14-19(16-31)21(15-18)28-35-26(5,6)27(7,8)36-28;1-6-2-4-7(5-3-6)12(8,9)11-10/h12-17,26H,1-11H3,(H,31,33);10-16H,1-9H3,(H,29,32);2-5,11H,10H2,1H3. The van der Waals surface area contributed by atoms with Crippen LogP contribution in [0.4, 0.5) is 0 Å². The monoisotopic (exact) mass is 1250 g/mol. The van der Waals surface area contributed by atoms with Crippen LogP contribution in [0.3, 0.4) is 0 Å². The molecule has 0 radical (unpaired) electrons. The maximum atomic E-state index is 14.0. The number of hydrazine groups is 2. The molecule has 24 heteroatoms. The fourth-order valence-corrected chi connectivity index (χ4v) is 11.7. The Balaban J connectivity index is 0.000000267. The van der Waals surface area contributed by atoms with Crippen LogP contribution in [0, 0.1) is 20.8 Å². The van der Waals surface area contributed by atoms with Gasteiger partial charge in [-0.25, -0.2) is 18.4 Å². The van der Waals surface area contributed by atoms with Crippen molar-refractivity contribution in [3.8, 4) is 11.5 Å². The van der Waals surface area contributed by atoms with Crippen LogP contribution in [0.5, 0.6) is 11.5 Å². The number of carbonyl (C=O) groups excluding carboxylic acids is 5. The number of amides is 4. The van der Waals surface area contributed by atoms with Gasteiger partial charge in [-0.3, -0.25) is 34.8 Å². The minimum atomic E-state index is -3.02. The van der Waals surface area contributed by atoms with E-state index in [0.717, 1.165) is 5.56 Å². The molecule has 0 spiro atoms. The second kappa shape index (κ2) is 28.2. The van der Waals surface area contributed by atoms with Crippen LogP contribution in [-0.2, 0) is 37.5 Å². The van der Waals surface area contributed by atoms with Crippen molar-refractivity contribution in [2.45, 2.75) is 162 Å². The molecule has 4 amide bonds. The number of hydrogen-bond donors (Lipinski definition) is 2. The van der Waals surface area contributed by atoms with Crippen molar-refractivity contribution in [2.24, 2.45) is 0 Å². The molecule has 87 heavy (non-hydrogen) atoms. The van der Waals surface area contributed by atoms with Gasteiger partial charge < -0.3 is 37.6 Å². The van der Waals surface area contributed by atoms with Gasteiger partial charge in [-0.15, -0.1) is 0 Å². The van der Waals surface area contributed by atoms with Gasteiger partial charge in [0.25, 0.3) is 23.6 Å². The summed E-state index contributed by atoms with van der Waals surface area (Å²) in [5.74, 6) is -0.530. The maximum Gasteiger partial charge on any atom is 0.495 e. The van der Waals surface area contributed by atoms with E-state index in [1.165, 1.54) is 17.1 Å². The molecule has 5 aromatic carbocycles. The maximum absolute atomic E-state index is 14.0. The van der Waals surface area contributed by atoms with Gasteiger partial charge in [0.05, 0.1) is 52.6 Å². The molecule has 2 aliphatic rings. The Labute approximate surface area is 518 Å². The zero-order chi connectivity index (χ0) is 65.6. The van der Waals surface area contributed by atoms with Crippen molar-refractivity contribution in [1.82, 2.24) is 20.9 Å². The highest BCUT2D eigenvalue weighted by atomic mass is 32.9. The third kappa shape index (κ3) is 16.6. The Morgan fingerprint density at radius 2 is 0.966 bits per heavy atom. The molecule has 2 N–H and O–H groups in total. The number of hydrogen-bond acceptors (Lipinski definition) is 15. The SMILES string of the molecule is COc1cccc(C(=O)NN(C(=O)c2ccc(C(OC)OC)c(B3OC(C)(C)C(C)(C)O3)c2)C(C)(C)C)c1C.COc1cccc(C(=O)NN(C(=O)c2ccc(C=O)c(B3OC(C)(C)C(C)(C)O3)c2)C(C)(C)C)c1C.Cc1ccc(S(=O)(=O)PP)cc1. The highest BCUT2D eigenvalue weighted by Crippen LogP contribution is 2.39. The Morgan fingerprint density at radius 3 is 1.32 bits per heavy atom. The molecule has 470 valence electrons. The lowest BCUT2D eigenvalue weighted by Gasteiger charge is -2.36. The largest absolute Gasteiger partial charge is 0.496 e. The summed E-state index contributed by atoms with van der Waals surface area (Å²) >= 11 is 0. The molecule has 2 heterocycles. The zero-order valence-corrected chi connectivity index (χ0v) is 57.0. The average molecular weight is 1260 g/mol. The van der Waals surface area contributed by atoms with Gasteiger partial charge in [0.1, 0.15) is 17.8 Å². The smallest absolute Gasteiger partial charge is 0.495 e. The van der Waals surface area contributed by atoms with Gasteiger partial charge >= 0.3 is 14.2 Å². The topological polar surface area (TPSA) is 224 Å². The second-order valence-electron chi connectivity index (χ2n) is 25.0. The molecule has 0 saturated carbocycles. The zero-order valence-electron chi connectivity index (χ0n) is 54.1. The Hall–Kier alpha value is -6.05. The Bertz CT molecular complexity index is 3410. The molecule has 2 fully saturated rings. The summed E-state index contributed by atoms with van der Waals surface area (Å²) in [4.78, 5) is 66.4. The number of nitrogens with one attached hydrogen (secondary N) is 2. The summed E-state index contributed by atoms with van der Waals surface area (Å²) in [5.41, 5.74) is 7.61. The molecule has 0 bridgehead atoms. The van der Waals surface area contributed by atoms with Crippen molar-refractivity contribution >= 4 is 80.9 Å². The molecule has 2 saturated heterocycles. The first-order valence-corrected chi connectivity index (χ1v) is 33.2. The summed E-state index contributed by atoms with van der Waals surface area (Å²) in [7, 11) is 3.66. The van der Waals surface area contributed by atoms with Gasteiger partial charge in [0.15, 0.2) is 15.7 Å². The molecular weight excluding hydrogens is 1170 g/mol. The van der Waals surface area contributed by atoms with E-state index in [2.05, 4.69) is 19.8 Å². The highest BCUT2D eigenvalue weighted by molar-refractivity contribution is 8.60. The van der Waals surface area contributed by atoms with E-state index in [1.807, 2.05) is 104 Å². The molecule has 2 aliphatic heterocycles. The highest BCUT2D eigenvalue weighted by Gasteiger charge is 2.54. The van der Waals surface area contributed by atoms with Crippen molar-refractivity contribution in [1.29, 1.82) is 0 Å². The normalized spacial score (nSPS) is 15.9. The molecular formula is C63H86B2N4O15P2S. The van der Waals surface area contributed by atoms with Gasteiger partial charge in [0, 0.05) is 66.2 Å². The minimum absolute atomic E-state index is 0.152. The Kier molecular flexibility index (Phi) is 23.2. The number of aldehydes is 1. The fraction of sp³-hybridized carbons (Fsp3) is 0.444. The number of rotatable bonds is 14. The first kappa shape index (κ1) is 71.7. The lowest BCUT2D eigenvalue weighted by Crippen LogP contribution is -2.56. The van der Waals surface area contributed by atoms with Crippen molar-refractivity contribution in [2.75, 3.05) is 28.4 Å². The lowest BCUT2D eigenvalue weighted by molar-refractivity contribution is -0.105. The summed E-state index contributed by atoms with van der Waals surface area (Å²) in [5, 5.41) is 2.62. The third-order valence-corrected chi connectivity index (χ3v) is 21.3. The minimum Gasteiger partial charge on any atom is -0.496 e. The molecule has 7 rings (SSSR count). The molecule has 0 aromatic heterocycles. The first-order chi connectivity index (χ1) is 40.3. The number of carbonyl (C=O) groups is 5. The summed E-state index contributed by atoms with van der Waals surface area (Å²) in [6.07, 6.45) is 0.0152. The molecule has 2 atom stereocenters. The molecule has 2 unspecified atom stereocenters. The van der Waals surface area contributed by atoms with Gasteiger partial charge in [0.2, 0.25) is 0 Å². The lowest BCUT2D eigenvalue weighted by atomic mass is 9.74. The van der Waals surface area contributed by atoms with Crippen LogP contribution in [-0.4, -0.2) is 125 Å². The predicted octanol–water partition coefficient (Wildman–Crippen LogP) is 10.0. The van der Waals surface area contributed by atoms with E-state index in [9.17, 15) is 32.4 Å². The summed E-state index contributed by atoms with van der Waals surface area (Å²) in [6.45, 7) is 32.0. The van der Waals surface area contributed by atoms with Crippen molar-refractivity contribution in [3.05, 3.63) is 147 Å². The second-order valence-corrected chi connectivity index (χ2v) is 31.1. The molecule has 5 aromatic rings. The van der Waals surface area contributed by atoms with Crippen LogP contribution < -0.4 is 31.3 Å². The Morgan fingerprint density at radius 1 is 0.586 bits per heavy atom. The van der Waals surface area contributed by atoms with E-state index in [4.69, 9.17) is 37.6 Å². The van der Waals surface area contributed by atoms with Gasteiger partial charge in [-0.2, -0.15) is 0 Å². The predicted molar refractivity (Wildman–Crippen MR) is 345 cm³/mol. The fourth-order valence-electron chi connectivity index (χ4n) is 9.01. The average Bonchev–Trinajstić information content (AvgIpc) is 1.72. The van der Waals surface area contributed by atoms with E-state index < -0.39 is 87.1 Å². The van der Waals surface area contributed by atoms with E-state index in [-0.39, 0.29) is 13.0 Å². The van der Waals surface area contributed by atoms with Crippen LogP contribution in [0.15, 0.2) is 102 Å². The van der Waals surface area contributed by atoms with E-state index in [0.29, 0.717) is 72.6 Å². The number of benzene rings is 5. The van der Waals surface area contributed by atoms with Crippen molar-refractivity contribution in [3.63, 3.8) is 0 Å². The van der Waals surface area contributed by atoms with Crippen LogP contribution in [0.25, 0.3) is 0 Å². The van der Waals surface area contributed by atoms with Gasteiger partial charge in [-0.05, 0) is 189 Å². The van der Waals surface area contributed by atoms with Crippen LogP contribution in [0.2, 0.25) is 0 Å². The first-order valence-electron chi connectivity index (χ1n) is 28.1. The van der Waals surface area contributed by atoms with Crippen LogP contribution in [0.1, 0.15) is 177 Å². The van der Waals surface area contributed by atoms with Gasteiger partial charge in [-0.1, -0.05) is 50.9 Å². The number of ether oxygens (including phenoxy) is 4. The van der Waals surface area contributed by atoms with E-state index >= 15 is 0 Å². The molecule has 19 nitrogen and oxygen atoms in total. The molecule has 0 aliphatic carbocycles. The third-order valence-electron chi connectivity index (χ3n) is 15.6. The number of methoxy groups -OCH3 is 4. The summed E-state index contributed by atoms with van der Waals surface area (Å²) in [6, 6.07) is 27.1. The van der Waals surface area contributed by atoms with Crippen molar-refractivity contribution < 1.29 is 70.0 Å². The summed E-state index contributed by atoms with van der Waals surface area (Å²) < 4.78 is 69.2. The van der Waals surface area contributed by atoms with Crippen LogP contribution >= 0.6 is 16.4 Å². The quantitative estimate of drug-likeness (QED) is 0.0347. The number of aryl methyl sites for hydroxylation is 1.